The fourth-order valence-electron chi connectivity index (χ4n) is 0.671. The standard InChI is InChI=1S/C7H13NO4S.H3N/c1-2-4-7(9)8-5-3-6-13(10,11)12;/h2,4H,3,5-6H2,1H3,(H,8,9)(H,10,11,12);1H3. The molecule has 0 fully saturated rings. The molecule has 14 heavy (non-hydrogen) atoms. The van der Waals surface area contributed by atoms with Crippen LogP contribution in [0.2, 0.25) is 0 Å². The van der Waals surface area contributed by atoms with Crippen LogP contribution in [0.1, 0.15) is 13.3 Å². The lowest BCUT2D eigenvalue weighted by Crippen LogP contribution is -2.23. The van der Waals surface area contributed by atoms with Crippen LogP contribution in [0.15, 0.2) is 12.2 Å². The molecule has 0 aromatic rings. The molecule has 0 unspecified atom stereocenters. The molecule has 0 bridgehead atoms. The second-order valence-corrected chi connectivity index (χ2v) is 3.93. The molecule has 0 aliphatic rings. The summed E-state index contributed by atoms with van der Waals surface area (Å²) in [6, 6.07) is 0. The summed E-state index contributed by atoms with van der Waals surface area (Å²) < 4.78 is 30.4. The van der Waals surface area contributed by atoms with Gasteiger partial charge in [0.05, 0.1) is 10.1 Å². The van der Waals surface area contributed by atoms with Crippen molar-refractivity contribution in [1.82, 2.24) is 11.5 Å². The summed E-state index contributed by atoms with van der Waals surface area (Å²) in [5.74, 6) is -0.728. The van der Waals surface area contributed by atoms with Crippen molar-refractivity contribution >= 4 is 16.0 Å². The Morgan fingerprint density at radius 3 is 2.50 bits per heavy atom. The van der Waals surface area contributed by atoms with Crippen LogP contribution in [0.25, 0.3) is 0 Å². The Morgan fingerprint density at radius 1 is 1.50 bits per heavy atom. The van der Waals surface area contributed by atoms with Gasteiger partial charge in [-0.15, -0.1) is 0 Å². The van der Waals surface area contributed by atoms with Crippen LogP contribution in [0.5, 0.6) is 0 Å². The first-order valence-electron chi connectivity index (χ1n) is 3.80. The number of carbonyl (C=O) groups excluding carboxylic acids is 1. The van der Waals surface area contributed by atoms with E-state index >= 15 is 0 Å². The van der Waals surface area contributed by atoms with Gasteiger partial charge in [0.25, 0.3) is 0 Å². The molecule has 0 spiro atoms. The van der Waals surface area contributed by atoms with Crippen molar-refractivity contribution in [3.05, 3.63) is 12.2 Å². The molecule has 0 aliphatic heterocycles. The number of hydrogen-bond donors (Lipinski definition) is 2. The summed E-state index contributed by atoms with van der Waals surface area (Å²) in [5, 5.41) is 2.43. The largest absolute Gasteiger partial charge is 0.748 e. The zero-order chi connectivity index (χ0) is 10.3. The quantitative estimate of drug-likeness (QED) is 0.387. The Hall–Kier alpha value is -0.920. The molecule has 84 valence electrons. The van der Waals surface area contributed by atoms with E-state index in [1.54, 1.807) is 13.0 Å². The normalized spacial score (nSPS) is 11.0. The molecule has 0 saturated carbocycles. The first kappa shape index (κ1) is 15.5. The van der Waals surface area contributed by atoms with Crippen LogP contribution < -0.4 is 11.5 Å². The summed E-state index contributed by atoms with van der Waals surface area (Å²) in [7, 11) is -4.15. The van der Waals surface area contributed by atoms with Gasteiger partial charge in [-0.1, -0.05) is 6.08 Å². The molecular weight excluding hydrogens is 208 g/mol. The zero-order valence-corrected chi connectivity index (χ0v) is 9.13. The fraction of sp³-hybridized carbons (Fsp3) is 0.571. The third-order valence-electron chi connectivity index (χ3n) is 1.19. The molecule has 7 heteroatoms. The van der Waals surface area contributed by atoms with Crippen molar-refractivity contribution in [2.24, 2.45) is 0 Å². The van der Waals surface area contributed by atoms with Crippen LogP contribution in [-0.2, 0) is 14.9 Å². The average molecular weight is 224 g/mol. The van der Waals surface area contributed by atoms with E-state index in [0.717, 1.165) is 0 Å². The Labute approximate surface area is 83.7 Å². The smallest absolute Gasteiger partial charge is 0.243 e. The van der Waals surface area contributed by atoms with Gasteiger partial charge in [-0.05, 0) is 19.4 Å². The van der Waals surface area contributed by atoms with Crippen molar-refractivity contribution in [2.45, 2.75) is 13.3 Å². The summed E-state index contributed by atoms with van der Waals surface area (Å²) in [6.07, 6.45) is 3.04. The number of hydrogen-bond acceptors (Lipinski definition) is 4. The molecule has 0 radical (unpaired) electrons. The molecule has 1 amide bonds. The van der Waals surface area contributed by atoms with Gasteiger partial charge in [-0.3, -0.25) is 4.79 Å². The van der Waals surface area contributed by atoms with Gasteiger partial charge >= 0.3 is 0 Å². The van der Waals surface area contributed by atoms with Crippen molar-refractivity contribution in [3.63, 3.8) is 0 Å². The Balaban J connectivity index is 0. The average Bonchev–Trinajstić information content (AvgIpc) is 1.97. The van der Waals surface area contributed by atoms with Gasteiger partial charge in [0, 0.05) is 12.3 Å². The van der Waals surface area contributed by atoms with Crippen LogP contribution in [-0.4, -0.2) is 31.2 Å². The molecule has 0 aromatic carbocycles. The van der Waals surface area contributed by atoms with Gasteiger partial charge in [0.1, 0.15) is 0 Å². The summed E-state index contributed by atoms with van der Waals surface area (Å²) in [6.45, 7) is 1.90. The van der Waals surface area contributed by atoms with Crippen LogP contribution in [0, 0.1) is 0 Å². The first-order chi connectivity index (χ1) is 5.95. The maximum absolute atomic E-state index is 10.7. The molecule has 0 aromatic heterocycles. The van der Waals surface area contributed by atoms with E-state index in [4.69, 9.17) is 0 Å². The molecule has 0 heterocycles. The predicted molar refractivity (Wildman–Crippen MR) is 53.0 cm³/mol. The third-order valence-corrected chi connectivity index (χ3v) is 1.98. The minimum atomic E-state index is -4.15. The van der Waals surface area contributed by atoms with E-state index in [9.17, 15) is 17.8 Å². The Bertz CT molecular complexity index is 284. The van der Waals surface area contributed by atoms with Gasteiger partial charge in [-0.25, -0.2) is 8.42 Å². The van der Waals surface area contributed by atoms with E-state index in [0.29, 0.717) is 0 Å². The molecule has 6 nitrogen and oxygen atoms in total. The van der Waals surface area contributed by atoms with Crippen molar-refractivity contribution in [1.29, 1.82) is 0 Å². The maximum atomic E-state index is 10.7. The summed E-state index contributed by atoms with van der Waals surface area (Å²) in [5.41, 5.74) is 0. The van der Waals surface area contributed by atoms with E-state index in [-0.39, 0.29) is 25.0 Å². The molecule has 0 rings (SSSR count). The molecular formula is C7H16N2O4S. The number of amides is 1. The highest BCUT2D eigenvalue weighted by atomic mass is 32.2. The molecule has 0 saturated heterocycles. The highest BCUT2D eigenvalue weighted by molar-refractivity contribution is 7.85. The zero-order valence-electron chi connectivity index (χ0n) is 8.32. The molecule has 5 N–H and O–H groups in total. The maximum Gasteiger partial charge on any atom is 0.243 e. The van der Waals surface area contributed by atoms with Crippen molar-refractivity contribution in [3.8, 4) is 0 Å². The Kier molecular flexibility index (Phi) is 8.31. The number of quaternary nitrogens is 1. The van der Waals surface area contributed by atoms with Crippen LogP contribution in [0.4, 0.5) is 0 Å². The van der Waals surface area contributed by atoms with Gasteiger partial charge in [-0.2, -0.15) is 0 Å². The number of rotatable bonds is 5. The second-order valence-electron chi connectivity index (χ2n) is 2.41. The summed E-state index contributed by atoms with van der Waals surface area (Å²) in [4.78, 5) is 10.7. The van der Waals surface area contributed by atoms with E-state index in [1.165, 1.54) is 6.08 Å². The van der Waals surface area contributed by atoms with Crippen LogP contribution >= 0.6 is 0 Å². The lowest BCUT2D eigenvalue weighted by atomic mass is 10.4. The van der Waals surface area contributed by atoms with E-state index in [2.05, 4.69) is 5.32 Å². The van der Waals surface area contributed by atoms with Crippen molar-refractivity contribution in [2.75, 3.05) is 12.3 Å². The first-order valence-corrected chi connectivity index (χ1v) is 5.37. The lowest BCUT2D eigenvalue weighted by molar-refractivity contribution is -0.116. The van der Waals surface area contributed by atoms with Crippen LogP contribution in [0.3, 0.4) is 0 Å². The number of nitrogens with one attached hydrogen (secondary N) is 1. The monoisotopic (exact) mass is 224 g/mol. The minimum Gasteiger partial charge on any atom is -0.748 e. The SMILES string of the molecule is CC=CC(=O)NCCCS(=O)(=O)[O-].[NH4+]. The van der Waals surface area contributed by atoms with Gasteiger partial charge < -0.3 is 16.0 Å². The number of allylic oxidation sites excluding steroid dienone is 1. The van der Waals surface area contributed by atoms with E-state index < -0.39 is 15.9 Å². The third kappa shape index (κ3) is 11.1. The highest BCUT2D eigenvalue weighted by Crippen LogP contribution is 1.86. The predicted octanol–water partition coefficient (Wildman–Crippen LogP) is -0.00980. The minimum absolute atomic E-state index is 0. The summed E-state index contributed by atoms with van der Waals surface area (Å²) >= 11 is 0. The Morgan fingerprint density at radius 2 is 2.07 bits per heavy atom. The topological polar surface area (TPSA) is 123 Å². The second kappa shape index (κ2) is 7.48. The highest BCUT2D eigenvalue weighted by Gasteiger charge is 1.96. The molecule has 0 atom stereocenters. The fourth-order valence-corrected chi connectivity index (χ4v) is 1.17. The lowest BCUT2D eigenvalue weighted by Gasteiger charge is -2.06. The van der Waals surface area contributed by atoms with Crippen molar-refractivity contribution < 1.29 is 17.8 Å². The number of carbonyl (C=O) groups is 1. The van der Waals surface area contributed by atoms with E-state index in [1.807, 2.05) is 0 Å². The van der Waals surface area contributed by atoms with Gasteiger partial charge in [0.15, 0.2) is 0 Å². The van der Waals surface area contributed by atoms with Gasteiger partial charge in [0.2, 0.25) is 5.91 Å². The molecule has 0 aliphatic carbocycles.